The summed E-state index contributed by atoms with van der Waals surface area (Å²) in [5, 5.41) is 7.12. The van der Waals surface area contributed by atoms with Gasteiger partial charge in [-0.1, -0.05) is 12.1 Å². The summed E-state index contributed by atoms with van der Waals surface area (Å²) < 4.78 is 83.2. The van der Waals surface area contributed by atoms with Gasteiger partial charge in [0.15, 0.2) is 5.65 Å². The van der Waals surface area contributed by atoms with E-state index in [4.69, 9.17) is 10.5 Å². The molecule has 216 valence electrons. The molecule has 0 fully saturated rings. The number of carbonyl (C=O) groups is 2. The number of Topliss-reactive ketones (excluding diaryl/α,β-unsaturated/α-hetero) is 1. The summed E-state index contributed by atoms with van der Waals surface area (Å²) in [6, 6.07) is 7.99. The second-order valence-corrected chi connectivity index (χ2v) is 8.56. The van der Waals surface area contributed by atoms with Crippen LogP contribution in [-0.4, -0.2) is 55.6 Å². The van der Waals surface area contributed by atoms with E-state index < -0.39 is 41.0 Å². The van der Waals surface area contributed by atoms with Gasteiger partial charge in [-0.3, -0.25) is 4.79 Å². The van der Waals surface area contributed by atoms with E-state index in [0.29, 0.717) is 17.7 Å². The fourth-order valence-corrected chi connectivity index (χ4v) is 3.73. The van der Waals surface area contributed by atoms with Crippen molar-refractivity contribution in [2.75, 3.05) is 24.2 Å². The van der Waals surface area contributed by atoms with E-state index in [9.17, 15) is 35.9 Å². The molecule has 0 atom stereocenters. The molecule has 41 heavy (non-hydrogen) atoms. The first-order valence-electron chi connectivity index (χ1n) is 12.0. The van der Waals surface area contributed by atoms with Gasteiger partial charge < -0.3 is 15.8 Å². The minimum atomic E-state index is -5.08. The van der Waals surface area contributed by atoms with Crippen molar-refractivity contribution in [3.8, 4) is 11.3 Å². The second-order valence-electron chi connectivity index (χ2n) is 8.56. The van der Waals surface area contributed by atoms with E-state index >= 15 is 0 Å². The molecule has 10 nitrogen and oxygen atoms in total. The molecule has 0 saturated heterocycles. The van der Waals surface area contributed by atoms with Gasteiger partial charge >= 0.3 is 18.3 Å². The summed E-state index contributed by atoms with van der Waals surface area (Å²) in [4.78, 5) is 36.1. The number of nitrogens with zero attached hydrogens (tertiary/aromatic N) is 5. The molecule has 0 saturated carbocycles. The number of rotatable bonds is 9. The Morgan fingerprint density at radius 3 is 2.32 bits per heavy atom. The van der Waals surface area contributed by atoms with Crippen molar-refractivity contribution in [2.45, 2.75) is 32.1 Å². The molecule has 0 aliphatic carbocycles. The van der Waals surface area contributed by atoms with Crippen molar-refractivity contribution in [3.05, 3.63) is 65.1 Å². The smallest absolute Gasteiger partial charge is 0.455 e. The molecule has 1 aromatic carbocycles. The van der Waals surface area contributed by atoms with Crippen molar-refractivity contribution >= 4 is 29.2 Å². The minimum Gasteiger partial charge on any atom is -0.460 e. The molecule has 0 unspecified atom stereocenters. The average molecular weight is 581 g/mol. The average Bonchev–Trinajstić information content (AvgIpc) is 3.35. The minimum absolute atomic E-state index is 0.0818. The molecular weight excluding hydrogens is 560 g/mol. The summed E-state index contributed by atoms with van der Waals surface area (Å²) in [6.07, 6.45) is -8.97. The zero-order valence-corrected chi connectivity index (χ0v) is 21.2. The highest BCUT2D eigenvalue weighted by molar-refractivity contribution is 6.03. The fraction of sp³-hybridized carbons (Fsp3) is 0.280. The summed E-state index contributed by atoms with van der Waals surface area (Å²) in [7, 11) is 0. The first kappa shape index (κ1) is 29.2. The monoisotopic (exact) mass is 581 g/mol. The number of esters is 1. The van der Waals surface area contributed by atoms with Crippen LogP contribution in [0, 0.1) is 0 Å². The summed E-state index contributed by atoms with van der Waals surface area (Å²) in [6.45, 7) is 1.91. The Bertz CT molecular complexity index is 1580. The van der Waals surface area contributed by atoms with Gasteiger partial charge in [0.2, 0.25) is 5.95 Å². The first-order valence-corrected chi connectivity index (χ1v) is 12.0. The Balaban J connectivity index is 1.55. The highest BCUT2D eigenvalue weighted by atomic mass is 19.4. The number of anilines is 2. The largest absolute Gasteiger partial charge is 0.460 e. The quantitative estimate of drug-likeness (QED) is 0.124. The van der Waals surface area contributed by atoms with Crippen molar-refractivity contribution in [1.82, 2.24) is 24.6 Å². The maximum Gasteiger partial charge on any atom is 0.455 e. The second kappa shape index (κ2) is 11.4. The third kappa shape index (κ3) is 6.70. The number of benzene rings is 1. The van der Waals surface area contributed by atoms with E-state index in [1.54, 1.807) is 6.92 Å². The van der Waals surface area contributed by atoms with Gasteiger partial charge in [0.25, 0.3) is 11.6 Å². The standard InChI is InChI=1S/C25H21F6N7O3/c1-2-41-22(40)21-36-18-12-17(13-5-7-14(8-6-13)24(26,27)28)35-23(38(18)37-21)33-11-3-4-15-9-10-16(20(32)34-15)19(39)25(29,30)31/h5-10,12H,2-4,11H2,1H3,(H2,32,34)(H,33,35). The van der Waals surface area contributed by atoms with Crippen LogP contribution in [0.4, 0.5) is 38.1 Å². The zero-order valence-electron chi connectivity index (χ0n) is 21.2. The van der Waals surface area contributed by atoms with Gasteiger partial charge in [0.1, 0.15) is 5.82 Å². The number of nitrogens with two attached hydrogens (primary N) is 1. The van der Waals surface area contributed by atoms with Crippen LogP contribution in [0.25, 0.3) is 16.9 Å². The number of ether oxygens (including phenoxy) is 1. The molecule has 0 aliphatic heterocycles. The number of hydrogen-bond donors (Lipinski definition) is 2. The molecule has 4 rings (SSSR count). The third-order valence-corrected chi connectivity index (χ3v) is 5.67. The Morgan fingerprint density at radius 1 is 1.00 bits per heavy atom. The fourth-order valence-electron chi connectivity index (χ4n) is 3.73. The molecule has 0 spiro atoms. The molecule has 16 heteroatoms. The zero-order chi connectivity index (χ0) is 29.9. The number of aromatic nitrogens is 5. The van der Waals surface area contributed by atoms with Crippen LogP contribution in [0.15, 0.2) is 42.5 Å². The number of nitrogen functional groups attached to an aromatic ring is 1. The van der Waals surface area contributed by atoms with Crippen molar-refractivity contribution in [3.63, 3.8) is 0 Å². The normalized spacial score (nSPS) is 12.0. The van der Waals surface area contributed by atoms with Crippen LogP contribution in [-0.2, 0) is 17.3 Å². The number of pyridine rings is 1. The Kier molecular flexibility index (Phi) is 8.12. The molecule has 0 bridgehead atoms. The lowest BCUT2D eigenvalue weighted by molar-refractivity contribution is -0.137. The predicted molar refractivity (Wildman–Crippen MR) is 133 cm³/mol. The topological polar surface area (TPSA) is 137 Å². The molecular formula is C25H21F6N7O3. The third-order valence-electron chi connectivity index (χ3n) is 5.67. The van der Waals surface area contributed by atoms with Gasteiger partial charge in [-0.15, -0.1) is 5.10 Å². The lowest BCUT2D eigenvalue weighted by Crippen LogP contribution is -2.24. The van der Waals surface area contributed by atoms with Crippen LogP contribution in [0.2, 0.25) is 0 Å². The van der Waals surface area contributed by atoms with E-state index in [0.717, 1.165) is 18.2 Å². The van der Waals surface area contributed by atoms with Crippen molar-refractivity contribution in [2.24, 2.45) is 0 Å². The molecule has 3 aromatic heterocycles. The Morgan fingerprint density at radius 2 is 1.71 bits per heavy atom. The number of fused-ring (bicyclic) bond motifs is 1. The SMILES string of the molecule is CCOC(=O)c1nc2cc(-c3ccc(C(F)(F)F)cc3)nc(NCCCc3ccc(C(=O)C(F)(F)F)c(N)n3)n2n1. The maximum atomic E-state index is 13.0. The number of nitrogens with one attached hydrogen (secondary N) is 1. The number of ketones is 1. The first-order chi connectivity index (χ1) is 19.3. The number of carbonyl (C=O) groups excluding carboxylic acids is 2. The van der Waals surface area contributed by atoms with Gasteiger partial charge in [-0.25, -0.2) is 19.7 Å². The van der Waals surface area contributed by atoms with Crippen LogP contribution in [0.5, 0.6) is 0 Å². The van der Waals surface area contributed by atoms with Gasteiger partial charge in [-0.2, -0.15) is 30.9 Å². The van der Waals surface area contributed by atoms with Gasteiger partial charge in [-0.05, 0) is 44.0 Å². The summed E-state index contributed by atoms with van der Waals surface area (Å²) >= 11 is 0. The predicted octanol–water partition coefficient (Wildman–Crippen LogP) is 4.75. The van der Waals surface area contributed by atoms with Crippen LogP contribution >= 0.6 is 0 Å². The number of halogens is 6. The van der Waals surface area contributed by atoms with Gasteiger partial charge in [0, 0.05) is 23.9 Å². The molecule has 0 aliphatic rings. The molecule has 0 amide bonds. The number of aryl methyl sites for hydroxylation is 1. The van der Waals surface area contributed by atoms with E-state index in [1.165, 1.54) is 28.8 Å². The summed E-state index contributed by atoms with van der Waals surface area (Å²) in [5.74, 6) is -3.56. The van der Waals surface area contributed by atoms with E-state index in [1.807, 2.05) is 0 Å². The lowest BCUT2D eigenvalue weighted by Gasteiger charge is -2.11. The summed E-state index contributed by atoms with van der Waals surface area (Å²) in [5.41, 5.74) is 5.07. The Labute approximate surface area is 227 Å². The van der Waals surface area contributed by atoms with Crippen molar-refractivity contribution < 1.29 is 40.7 Å². The number of alkyl halides is 6. The number of hydrogen-bond acceptors (Lipinski definition) is 9. The molecule has 3 N–H and O–H groups in total. The van der Waals surface area contributed by atoms with Crippen LogP contribution < -0.4 is 11.1 Å². The molecule has 4 aromatic rings. The highest BCUT2D eigenvalue weighted by Crippen LogP contribution is 2.31. The van der Waals surface area contributed by atoms with Crippen molar-refractivity contribution in [1.29, 1.82) is 0 Å². The van der Waals surface area contributed by atoms with E-state index in [-0.39, 0.29) is 42.7 Å². The maximum absolute atomic E-state index is 13.0. The highest BCUT2D eigenvalue weighted by Gasteiger charge is 2.40. The van der Waals surface area contributed by atoms with Crippen LogP contribution in [0.3, 0.4) is 0 Å². The van der Waals surface area contributed by atoms with Gasteiger partial charge in [0.05, 0.1) is 23.4 Å². The van der Waals surface area contributed by atoms with Crippen LogP contribution in [0.1, 0.15) is 45.6 Å². The molecule has 0 radical (unpaired) electrons. The van der Waals surface area contributed by atoms with E-state index in [2.05, 4.69) is 25.4 Å². The molecule has 3 heterocycles. The Hall–Kier alpha value is -4.76. The lowest BCUT2D eigenvalue weighted by atomic mass is 10.1.